The van der Waals surface area contributed by atoms with Crippen LogP contribution in [0.5, 0.6) is 0 Å². The summed E-state index contributed by atoms with van der Waals surface area (Å²) < 4.78 is 6.11. The average Bonchev–Trinajstić information content (AvgIpc) is 3.07. The second-order valence-corrected chi connectivity index (χ2v) is 18.6. The van der Waals surface area contributed by atoms with Crippen LogP contribution in [0.15, 0.2) is 66.7 Å². The van der Waals surface area contributed by atoms with Crippen molar-refractivity contribution in [3.63, 3.8) is 0 Å². The van der Waals surface area contributed by atoms with Gasteiger partial charge in [-0.1, -0.05) is 116 Å². The van der Waals surface area contributed by atoms with Crippen molar-refractivity contribution >= 4 is 19.9 Å². The van der Waals surface area contributed by atoms with Gasteiger partial charge in [-0.05, 0) is 56.3 Å². The highest BCUT2D eigenvalue weighted by molar-refractivity contribution is 6.80. The fourth-order valence-corrected chi connectivity index (χ4v) is 7.91. The van der Waals surface area contributed by atoms with Gasteiger partial charge in [0.2, 0.25) is 0 Å². The SMILES string of the molecule is CC(C)(C)c1ccc2c(c1)C(COC(=O)Nc1ccccc1)([Si](C)(C)C)c1cc(C(C)(C)C)ccc1-2. The van der Waals surface area contributed by atoms with Crippen LogP contribution in [0.25, 0.3) is 11.1 Å². The smallest absolute Gasteiger partial charge is 0.411 e. The monoisotopic (exact) mass is 499 g/mol. The topological polar surface area (TPSA) is 38.3 Å². The highest BCUT2D eigenvalue weighted by Crippen LogP contribution is 2.55. The Morgan fingerprint density at radius 1 is 0.778 bits per heavy atom. The van der Waals surface area contributed by atoms with Gasteiger partial charge in [0, 0.05) is 10.7 Å². The molecule has 0 saturated heterocycles. The number of para-hydroxylation sites is 1. The molecule has 0 heterocycles. The molecule has 3 aromatic rings. The molecule has 3 nitrogen and oxygen atoms in total. The second-order valence-electron chi connectivity index (χ2n) is 13.2. The average molecular weight is 500 g/mol. The molecule has 0 unspecified atom stereocenters. The van der Waals surface area contributed by atoms with Crippen LogP contribution in [-0.4, -0.2) is 20.8 Å². The number of fused-ring (bicyclic) bond motifs is 3. The van der Waals surface area contributed by atoms with E-state index in [4.69, 9.17) is 4.74 Å². The zero-order chi connectivity index (χ0) is 26.5. The molecule has 1 amide bonds. The van der Waals surface area contributed by atoms with E-state index < -0.39 is 14.2 Å². The molecule has 0 bridgehead atoms. The first-order chi connectivity index (χ1) is 16.6. The van der Waals surface area contributed by atoms with E-state index in [1.54, 1.807) is 0 Å². The van der Waals surface area contributed by atoms with Gasteiger partial charge in [0.15, 0.2) is 0 Å². The summed E-state index contributed by atoms with van der Waals surface area (Å²) >= 11 is 0. The molecule has 1 aliphatic rings. The fourth-order valence-electron chi connectivity index (χ4n) is 5.37. The normalized spacial score (nSPS) is 14.7. The minimum Gasteiger partial charge on any atom is -0.448 e. The third-order valence-electron chi connectivity index (χ3n) is 7.70. The van der Waals surface area contributed by atoms with Crippen molar-refractivity contribution < 1.29 is 9.53 Å². The molecule has 0 radical (unpaired) electrons. The minimum atomic E-state index is -2.00. The number of anilines is 1. The maximum Gasteiger partial charge on any atom is 0.411 e. The largest absolute Gasteiger partial charge is 0.448 e. The third-order valence-corrected chi connectivity index (χ3v) is 10.9. The van der Waals surface area contributed by atoms with Crippen LogP contribution in [0, 0.1) is 0 Å². The molecule has 1 aliphatic carbocycles. The number of carbonyl (C=O) groups excluding carboxylic acids is 1. The lowest BCUT2D eigenvalue weighted by Gasteiger charge is -2.42. The summed E-state index contributed by atoms with van der Waals surface area (Å²) in [7, 11) is -2.00. The molecule has 0 fully saturated rings. The third kappa shape index (κ3) is 4.64. The van der Waals surface area contributed by atoms with Crippen molar-refractivity contribution in [1.82, 2.24) is 0 Å². The zero-order valence-corrected chi connectivity index (χ0v) is 24.4. The number of carbonyl (C=O) groups is 1. The molecule has 0 atom stereocenters. The first kappa shape index (κ1) is 26.2. The van der Waals surface area contributed by atoms with E-state index in [-0.39, 0.29) is 15.9 Å². The molecule has 3 aromatic carbocycles. The van der Waals surface area contributed by atoms with Crippen molar-refractivity contribution in [2.45, 2.75) is 77.1 Å². The number of nitrogens with one attached hydrogen (secondary N) is 1. The molecule has 36 heavy (non-hydrogen) atoms. The number of rotatable bonds is 4. The van der Waals surface area contributed by atoms with Gasteiger partial charge >= 0.3 is 6.09 Å². The summed E-state index contributed by atoms with van der Waals surface area (Å²) in [5, 5.41) is 2.56. The van der Waals surface area contributed by atoms with E-state index in [1.165, 1.54) is 33.4 Å². The Morgan fingerprint density at radius 3 is 1.67 bits per heavy atom. The van der Waals surface area contributed by atoms with Crippen LogP contribution in [0.2, 0.25) is 19.6 Å². The van der Waals surface area contributed by atoms with E-state index in [0.717, 1.165) is 5.69 Å². The molecular weight excluding hydrogens is 458 g/mol. The molecule has 190 valence electrons. The molecule has 0 aromatic heterocycles. The van der Waals surface area contributed by atoms with E-state index in [1.807, 2.05) is 30.3 Å². The molecule has 0 aliphatic heterocycles. The lowest BCUT2D eigenvalue weighted by molar-refractivity contribution is 0.151. The highest BCUT2D eigenvalue weighted by Gasteiger charge is 2.53. The number of hydrogen-bond donors (Lipinski definition) is 1. The molecule has 4 rings (SSSR count). The van der Waals surface area contributed by atoms with Crippen LogP contribution < -0.4 is 5.32 Å². The van der Waals surface area contributed by atoms with Crippen LogP contribution in [0.3, 0.4) is 0 Å². The predicted octanol–water partition coefficient (Wildman–Crippen LogP) is 8.67. The molecule has 1 N–H and O–H groups in total. The van der Waals surface area contributed by atoms with Crippen LogP contribution >= 0.6 is 0 Å². The number of hydrogen-bond acceptors (Lipinski definition) is 2. The Hall–Kier alpha value is -2.85. The van der Waals surface area contributed by atoms with Crippen molar-refractivity contribution in [3.8, 4) is 11.1 Å². The van der Waals surface area contributed by atoms with Crippen molar-refractivity contribution in [1.29, 1.82) is 0 Å². The molecule has 0 saturated carbocycles. The molecular formula is C32H41NO2Si. The van der Waals surface area contributed by atoms with Crippen molar-refractivity contribution in [2.24, 2.45) is 0 Å². The first-order valence-electron chi connectivity index (χ1n) is 12.9. The quantitative estimate of drug-likeness (QED) is 0.365. The summed E-state index contributed by atoms with van der Waals surface area (Å²) in [6.45, 7) is 21.1. The Bertz CT molecular complexity index is 1210. The van der Waals surface area contributed by atoms with E-state index >= 15 is 0 Å². The van der Waals surface area contributed by atoms with Gasteiger partial charge < -0.3 is 4.74 Å². The van der Waals surface area contributed by atoms with Gasteiger partial charge in [-0.2, -0.15) is 0 Å². The van der Waals surface area contributed by atoms with Crippen LogP contribution in [0.1, 0.15) is 63.8 Å². The zero-order valence-electron chi connectivity index (χ0n) is 23.4. The van der Waals surface area contributed by atoms with Gasteiger partial charge in [-0.3, -0.25) is 5.32 Å². The van der Waals surface area contributed by atoms with Gasteiger partial charge in [0.1, 0.15) is 6.61 Å². The van der Waals surface area contributed by atoms with Gasteiger partial charge in [0.05, 0.1) is 8.07 Å². The number of amides is 1. The predicted molar refractivity (Wildman–Crippen MR) is 155 cm³/mol. The van der Waals surface area contributed by atoms with Gasteiger partial charge in [-0.15, -0.1) is 0 Å². The summed E-state index contributed by atoms with van der Waals surface area (Å²) in [6, 6.07) is 23.4. The molecule has 4 heteroatoms. The maximum atomic E-state index is 13.0. The Balaban J connectivity index is 1.88. The van der Waals surface area contributed by atoms with E-state index in [0.29, 0.717) is 6.61 Å². The Labute approximate surface area is 218 Å². The number of ether oxygens (including phenoxy) is 1. The minimum absolute atomic E-state index is 0.0249. The standard InChI is InChI=1S/C32H41NO2Si/c1-30(2,3)22-15-17-25-26-18-16-23(31(4,5)6)20-28(26)32(27(25)19-22,36(7,8)9)21-35-29(34)33-24-13-11-10-12-14-24/h10-20H,21H2,1-9H3,(H,33,34). The van der Waals surface area contributed by atoms with E-state index in [2.05, 4.69) is 103 Å². The van der Waals surface area contributed by atoms with Crippen molar-refractivity contribution in [2.75, 3.05) is 11.9 Å². The van der Waals surface area contributed by atoms with Crippen LogP contribution in [-0.2, 0) is 20.6 Å². The summed E-state index contributed by atoms with van der Waals surface area (Å²) in [4.78, 5) is 13.0. The number of benzene rings is 3. The summed E-state index contributed by atoms with van der Waals surface area (Å²) in [5.74, 6) is 0. The van der Waals surface area contributed by atoms with Crippen molar-refractivity contribution in [3.05, 3.63) is 89.0 Å². The Morgan fingerprint density at radius 2 is 1.25 bits per heavy atom. The fraction of sp³-hybridized carbons (Fsp3) is 0.406. The van der Waals surface area contributed by atoms with Crippen LogP contribution in [0.4, 0.5) is 10.5 Å². The maximum absolute atomic E-state index is 13.0. The highest BCUT2D eigenvalue weighted by atomic mass is 28.3. The second kappa shape index (κ2) is 8.91. The lowest BCUT2D eigenvalue weighted by atomic mass is 9.83. The van der Waals surface area contributed by atoms with Gasteiger partial charge in [0.25, 0.3) is 0 Å². The summed E-state index contributed by atoms with van der Waals surface area (Å²) in [6.07, 6.45) is -0.409. The van der Waals surface area contributed by atoms with E-state index in [9.17, 15) is 4.79 Å². The van der Waals surface area contributed by atoms with Gasteiger partial charge in [-0.25, -0.2) is 4.79 Å². The summed E-state index contributed by atoms with van der Waals surface area (Å²) in [5.41, 5.74) is 8.56. The Kier molecular flexibility index (Phi) is 6.49. The first-order valence-corrected chi connectivity index (χ1v) is 16.4. The lowest BCUT2D eigenvalue weighted by Crippen LogP contribution is -2.53. The molecule has 0 spiro atoms.